The maximum absolute atomic E-state index is 10.1. The molecule has 0 amide bonds. The van der Waals surface area contributed by atoms with Crippen LogP contribution in [0, 0.1) is 5.92 Å². The SMILES string of the molecule is CCSC1CCC(NCC(O)COC2CCC(C)CC2)C1. The van der Waals surface area contributed by atoms with Gasteiger partial charge in [-0.25, -0.2) is 0 Å². The van der Waals surface area contributed by atoms with Gasteiger partial charge in [0.1, 0.15) is 0 Å². The molecule has 2 rings (SSSR count). The summed E-state index contributed by atoms with van der Waals surface area (Å²) in [5.41, 5.74) is 0. The number of hydrogen-bond acceptors (Lipinski definition) is 4. The molecular formula is C17H33NO2S. The van der Waals surface area contributed by atoms with Gasteiger partial charge in [-0.3, -0.25) is 0 Å². The number of aliphatic hydroxyl groups excluding tert-OH is 1. The standard InChI is InChI=1S/C17H33NO2S/c1-3-21-17-9-6-14(10-17)18-11-15(19)12-20-16-7-4-13(2)5-8-16/h13-19H,3-12H2,1-2H3. The monoisotopic (exact) mass is 315 g/mol. The van der Waals surface area contributed by atoms with Gasteiger partial charge >= 0.3 is 0 Å². The molecule has 0 heterocycles. The van der Waals surface area contributed by atoms with Crippen LogP contribution in [-0.2, 0) is 4.74 Å². The van der Waals surface area contributed by atoms with Crippen molar-refractivity contribution in [1.82, 2.24) is 5.32 Å². The van der Waals surface area contributed by atoms with E-state index in [0.717, 1.165) is 11.2 Å². The van der Waals surface area contributed by atoms with Gasteiger partial charge < -0.3 is 15.2 Å². The third-order valence-electron chi connectivity index (χ3n) is 4.92. The van der Waals surface area contributed by atoms with Crippen LogP contribution in [-0.4, -0.2) is 47.5 Å². The Labute approximate surface area is 134 Å². The van der Waals surface area contributed by atoms with Crippen LogP contribution < -0.4 is 5.32 Å². The highest BCUT2D eigenvalue weighted by Crippen LogP contribution is 2.29. The highest BCUT2D eigenvalue weighted by molar-refractivity contribution is 7.99. The van der Waals surface area contributed by atoms with Crippen LogP contribution in [0.1, 0.15) is 58.8 Å². The summed E-state index contributed by atoms with van der Waals surface area (Å²) in [6.07, 6.45) is 8.74. The third-order valence-corrected chi connectivity index (χ3v) is 6.15. The molecule has 0 spiro atoms. The zero-order valence-electron chi connectivity index (χ0n) is 13.7. The second-order valence-electron chi connectivity index (χ2n) is 6.86. The van der Waals surface area contributed by atoms with Crippen molar-refractivity contribution in [3.8, 4) is 0 Å². The van der Waals surface area contributed by atoms with Crippen molar-refractivity contribution in [2.75, 3.05) is 18.9 Å². The van der Waals surface area contributed by atoms with Crippen molar-refractivity contribution in [2.24, 2.45) is 5.92 Å². The number of aliphatic hydroxyl groups is 1. The van der Waals surface area contributed by atoms with Gasteiger partial charge in [0.25, 0.3) is 0 Å². The molecule has 2 aliphatic carbocycles. The van der Waals surface area contributed by atoms with Crippen LogP contribution in [0.25, 0.3) is 0 Å². The average Bonchev–Trinajstić information content (AvgIpc) is 2.93. The van der Waals surface area contributed by atoms with E-state index in [2.05, 4.69) is 30.9 Å². The number of rotatable bonds is 8. The van der Waals surface area contributed by atoms with Crippen molar-refractivity contribution >= 4 is 11.8 Å². The third kappa shape index (κ3) is 6.47. The summed E-state index contributed by atoms with van der Waals surface area (Å²) in [5.74, 6) is 2.07. The summed E-state index contributed by atoms with van der Waals surface area (Å²) < 4.78 is 5.87. The van der Waals surface area contributed by atoms with Crippen molar-refractivity contribution in [2.45, 2.75) is 82.3 Å². The Morgan fingerprint density at radius 3 is 2.67 bits per heavy atom. The Kier molecular flexibility index (Phi) is 7.86. The van der Waals surface area contributed by atoms with Gasteiger partial charge in [0.15, 0.2) is 0 Å². The van der Waals surface area contributed by atoms with Gasteiger partial charge in [-0.1, -0.05) is 13.8 Å². The zero-order valence-corrected chi connectivity index (χ0v) is 14.5. The van der Waals surface area contributed by atoms with Crippen LogP contribution in [0.3, 0.4) is 0 Å². The summed E-state index contributed by atoms with van der Waals surface area (Å²) in [5, 5.41) is 14.4. The number of ether oxygens (including phenoxy) is 1. The van der Waals surface area contributed by atoms with Crippen LogP contribution in [0.15, 0.2) is 0 Å². The first kappa shape index (κ1) is 17.6. The van der Waals surface area contributed by atoms with E-state index in [9.17, 15) is 5.11 Å². The van der Waals surface area contributed by atoms with Gasteiger partial charge in [-0.15, -0.1) is 0 Å². The van der Waals surface area contributed by atoms with Crippen LogP contribution >= 0.6 is 11.8 Å². The first-order valence-corrected chi connectivity index (χ1v) is 9.86. The normalized spacial score (nSPS) is 35.0. The van der Waals surface area contributed by atoms with Crippen molar-refractivity contribution < 1.29 is 9.84 Å². The second-order valence-corrected chi connectivity index (χ2v) is 8.44. The molecule has 3 nitrogen and oxygen atoms in total. The molecule has 124 valence electrons. The summed E-state index contributed by atoms with van der Waals surface area (Å²) in [6, 6.07) is 0.597. The molecule has 2 aliphatic rings. The molecule has 2 fully saturated rings. The first-order chi connectivity index (χ1) is 10.2. The lowest BCUT2D eigenvalue weighted by atomic mass is 9.89. The summed E-state index contributed by atoms with van der Waals surface area (Å²) in [4.78, 5) is 0. The minimum atomic E-state index is -0.359. The highest BCUT2D eigenvalue weighted by atomic mass is 32.2. The smallest absolute Gasteiger partial charge is 0.0897 e. The Hall–Kier alpha value is 0.230. The van der Waals surface area contributed by atoms with E-state index in [1.807, 2.05) is 0 Å². The predicted molar refractivity (Wildman–Crippen MR) is 90.9 cm³/mol. The number of thioether (sulfide) groups is 1. The lowest BCUT2D eigenvalue weighted by Gasteiger charge is -2.27. The number of hydrogen-bond donors (Lipinski definition) is 2. The fourth-order valence-electron chi connectivity index (χ4n) is 3.52. The van der Waals surface area contributed by atoms with Gasteiger partial charge in [-0.05, 0) is 56.6 Å². The maximum Gasteiger partial charge on any atom is 0.0897 e. The topological polar surface area (TPSA) is 41.5 Å². The minimum absolute atomic E-state index is 0.359. The lowest BCUT2D eigenvalue weighted by molar-refractivity contribution is -0.0283. The van der Waals surface area contributed by atoms with Crippen molar-refractivity contribution in [3.63, 3.8) is 0 Å². The Bertz CT molecular complexity index is 282. The predicted octanol–water partition coefficient (Wildman–Crippen LogP) is 3.21. The quantitative estimate of drug-likeness (QED) is 0.722. The van der Waals surface area contributed by atoms with Gasteiger partial charge in [0.2, 0.25) is 0 Å². The molecular weight excluding hydrogens is 282 g/mol. The molecule has 0 radical (unpaired) electrons. The Morgan fingerprint density at radius 2 is 1.95 bits per heavy atom. The van der Waals surface area contributed by atoms with E-state index in [1.54, 1.807) is 0 Å². The van der Waals surface area contributed by atoms with Crippen LogP contribution in [0.4, 0.5) is 0 Å². The summed E-state index contributed by atoms with van der Waals surface area (Å²) in [6.45, 7) is 5.72. The van der Waals surface area contributed by atoms with Crippen molar-refractivity contribution in [1.29, 1.82) is 0 Å². The molecule has 21 heavy (non-hydrogen) atoms. The van der Waals surface area contributed by atoms with E-state index in [4.69, 9.17) is 4.74 Å². The Balaban J connectivity index is 1.52. The zero-order chi connectivity index (χ0) is 15.1. The molecule has 0 bridgehead atoms. The Morgan fingerprint density at radius 1 is 1.19 bits per heavy atom. The van der Waals surface area contributed by atoms with Crippen molar-refractivity contribution in [3.05, 3.63) is 0 Å². The fraction of sp³-hybridized carbons (Fsp3) is 1.00. The molecule has 2 N–H and O–H groups in total. The lowest BCUT2D eigenvalue weighted by Crippen LogP contribution is -2.37. The number of nitrogens with one attached hydrogen (secondary N) is 1. The highest BCUT2D eigenvalue weighted by Gasteiger charge is 2.25. The molecule has 0 aromatic carbocycles. The average molecular weight is 316 g/mol. The van der Waals surface area contributed by atoms with E-state index in [1.165, 1.54) is 50.7 Å². The van der Waals surface area contributed by atoms with E-state index < -0.39 is 0 Å². The van der Waals surface area contributed by atoms with E-state index in [0.29, 0.717) is 25.3 Å². The van der Waals surface area contributed by atoms with Gasteiger partial charge in [0, 0.05) is 17.8 Å². The molecule has 4 heteroatoms. The molecule has 3 unspecified atom stereocenters. The van der Waals surface area contributed by atoms with Crippen LogP contribution in [0.5, 0.6) is 0 Å². The van der Waals surface area contributed by atoms with Crippen LogP contribution in [0.2, 0.25) is 0 Å². The first-order valence-electron chi connectivity index (χ1n) is 8.82. The van der Waals surface area contributed by atoms with E-state index >= 15 is 0 Å². The minimum Gasteiger partial charge on any atom is -0.389 e. The summed E-state index contributed by atoms with van der Waals surface area (Å²) in [7, 11) is 0. The molecule has 2 saturated carbocycles. The van der Waals surface area contributed by atoms with E-state index in [-0.39, 0.29) is 6.10 Å². The molecule has 3 atom stereocenters. The second kappa shape index (κ2) is 9.39. The maximum atomic E-state index is 10.1. The van der Waals surface area contributed by atoms with Gasteiger partial charge in [0.05, 0.1) is 18.8 Å². The molecule has 0 saturated heterocycles. The fourth-order valence-corrected chi connectivity index (χ4v) is 4.66. The summed E-state index contributed by atoms with van der Waals surface area (Å²) >= 11 is 2.08. The largest absolute Gasteiger partial charge is 0.389 e. The molecule has 0 aromatic rings. The molecule has 0 aliphatic heterocycles. The van der Waals surface area contributed by atoms with Gasteiger partial charge in [-0.2, -0.15) is 11.8 Å². The molecule has 0 aromatic heterocycles.